The van der Waals surface area contributed by atoms with Crippen LogP contribution in [0.5, 0.6) is 5.75 Å². The fourth-order valence-corrected chi connectivity index (χ4v) is 3.21. The van der Waals surface area contributed by atoms with E-state index in [0.29, 0.717) is 22.7 Å². The molecule has 0 radical (unpaired) electrons. The molecule has 0 saturated carbocycles. The average molecular weight is 447 g/mol. The number of ketones is 1. The number of rotatable bonds is 10. The van der Waals surface area contributed by atoms with Crippen LogP contribution in [0.2, 0.25) is 0 Å². The van der Waals surface area contributed by atoms with E-state index in [0.717, 1.165) is 11.1 Å². The summed E-state index contributed by atoms with van der Waals surface area (Å²) in [5.41, 5.74) is 3.80. The van der Waals surface area contributed by atoms with Crippen LogP contribution in [0, 0.1) is 0 Å². The number of carbonyl (C=O) groups is 3. The van der Waals surface area contributed by atoms with Crippen molar-refractivity contribution in [3.8, 4) is 16.9 Å². The van der Waals surface area contributed by atoms with Gasteiger partial charge in [-0.1, -0.05) is 54.6 Å². The average Bonchev–Trinajstić information content (AvgIpc) is 2.83. The number of methoxy groups -OCH3 is 1. The van der Waals surface area contributed by atoms with Crippen LogP contribution >= 0.6 is 0 Å². The minimum Gasteiger partial charge on any atom is -0.495 e. The molecule has 0 saturated heterocycles. The third-order valence-corrected chi connectivity index (χ3v) is 4.84. The molecule has 3 aromatic carbocycles. The topological polar surface area (TPSA) is 93.7 Å². The lowest BCUT2D eigenvalue weighted by atomic mass is 10.0. The summed E-state index contributed by atoms with van der Waals surface area (Å²) in [5.74, 6) is -0.366. The molecule has 7 nitrogen and oxygen atoms in total. The van der Waals surface area contributed by atoms with E-state index in [4.69, 9.17) is 9.47 Å². The van der Waals surface area contributed by atoms with Crippen LogP contribution in [-0.4, -0.2) is 37.9 Å². The van der Waals surface area contributed by atoms with E-state index >= 15 is 0 Å². The van der Waals surface area contributed by atoms with Gasteiger partial charge in [-0.05, 0) is 29.3 Å². The Morgan fingerprint density at radius 3 is 2.24 bits per heavy atom. The van der Waals surface area contributed by atoms with E-state index < -0.39 is 5.97 Å². The zero-order chi connectivity index (χ0) is 23.6. The number of carbonyl (C=O) groups excluding carboxylic acids is 3. The quantitative estimate of drug-likeness (QED) is 0.351. The first-order valence-electron chi connectivity index (χ1n) is 10.5. The second-order valence-corrected chi connectivity index (χ2v) is 7.30. The van der Waals surface area contributed by atoms with Gasteiger partial charge in [0.05, 0.1) is 19.2 Å². The molecule has 0 spiro atoms. The number of amides is 1. The molecular weight excluding hydrogens is 420 g/mol. The number of Topliss-reactive ketones (excluding diaryl/α,β-unsaturated/α-hetero) is 1. The molecule has 3 rings (SSSR count). The summed E-state index contributed by atoms with van der Waals surface area (Å²) in [6.07, 6.45) is 0.0632. The van der Waals surface area contributed by atoms with Crippen molar-refractivity contribution in [3.63, 3.8) is 0 Å². The monoisotopic (exact) mass is 446 g/mol. The second kappa shape index (κ2) is 11.5. The van der Waals surface area contributed by atoms with Gasteiger partial charge in [0.25, 0.3) is 0 Å². The molecule has 33 heavy (non-hydrogen) atoms. The zero-order valence-corrected chi connectivity index (χ0v) is 18.6. The van der Waals surface area contributed by atoms with Crippen molar-refractivity contribution in [1.82, 2.24) is 0 Å². The zero-order valence-electron chi connectivity index (χ0n) is 18.6. The van der Waals surface area contributed by atoms with Gasteiger partial charge in [-0.2, -0.15) is 0 Å². The van der Waals surface area contributed by atoms with E-state index in [1.165, 1.54) is 14.0 Å². The predicted octanol–water partition coefficient (Wildman–Crippen LogP) is 4.55. The number of hydrogen-bond acceptors (Lipinski definition) is 6. The Labute approximate surface area is 192 Å². The molecule has 0 unspecified atom stereocenters. The molecule has 0 bridgehead atoms. The Bertz CT molecular complexity index is 1110. The largest absolute Gasteiger partial charge is 0.495 e. The van der Waals surface area contributed by atoms with Gasteiger partial charge in [0.15, 0.2) is 12.4 Å². The maximum atomic E-state index is 12.4. The third-order valence-electron chi connectivity index (χ3n) is 4.84. The number of hydrogen-bond donors (Lipinski definition) is 2. The molecule has 0 atom stereocenters. The summed E-state index contributed by atoms with van der Waals surface area (Å²) in [4.78, 5) is 35.7. The Balaban J connectivity index is 1.47. The van der Waals surface area contributed by atoms with Crippen molar-refractivity contribution >= 4 is 29.0 Å². The summed E-state index contributed by atoms with van der Waals surface area (Å²) in [7, 11) is 1.53. The molecule has 7 heteroatoms. The minimum absolute atomic E-state index is 0.0632. The van der Waals surface area contributed by atoms with Crippen LogP contribution in [0.1, 0.15) is 23.7 Å². The highest BCUT2D eigenvalue weighted by atomic mass is 16.5. The van der Waals surface area contributed by atoms with Gasteiger partial charge in [0, 0.05) is 24.7 Å². The normalized spacial score (nSPS) is 10.2. The number of benzene rings is 3. The molecule has 170 valence electrons. The smallest absolute Gasteiger partial charge is 0.308 e. The molecule has 0 fully saturated rings. The molecule has 0 aliphatic carbocycles. The van der Waals surface area contributed by atoms with Crippen molar-refractivity contribution < 1.29 is 23.9 Å². The van der Waals surface area contributed by atoms with Crippen LogP contribution in [0.4, 0.5) is 11.4 Å². The van der Waals surface area contributed by atoms with E-state index in [1.54, 1.807) is 30.3 Å². The lowest BCUT2D eigenvalue weighted by Crippen LogP contribution is -2.17. The molecule has 2 N–H and O–H groups in total. The summed E-state index contributed by atoms with van der Waals surface area (Å²) in [6, 6.07) is 22.2. The van der Waals surface area contributed by atoms with Crippen LogP contribution in [0.15, 0.2) is 72.8 Å². The van der Waals surface area contributed by atoms with Crippen LogP contribution in [0.3, 0.4) is 0 Å². The molecule has 0 aliphatic rings. The molecule has 0 aliphatic heterocycles. The SMILES string of the molecule is COc1ccc(NC(C)=O)cc1NCCC(=O)OCC(=O)c1ccc(-c2ccccc2)cc1. The Morgan fingerprint density at radius 1 is 0.879 bits per heavy atom. The molecule has 0 heterocycles. The highest BCUT2D eigenvalue weighted by Gasteiger charge is 2.11. The summed E-state index contributed by atoms with van der Waals surface area (Å²) < 4.78 is 10.4. The molecule has 1 amide bonds. The van der Waals surface area contributed by atoms with E-state index in [9.17, 15) is 14.4 Å². The first-order valence-corrected chi connectivity index (χ1v) is 10.5. The Hall–Kier alpha value is -4.13. The summed E-state index contributed by atoms with van der Waals surface area (Å²) in [6.45, 7) is 1.38. The van der Waals surface area contributed by atoms with Crippen molar-refractivity contribution in [2.75, 3.05) is 30.9 Å². The van der Waals surface area contributed by atoms with Gasteiger partial charge >= 0.3 is 5.97 Å². The number of esters is 1. The van der Waals surface area contributed by atoms with Crippen molar-refractivity contribution in [2.24, 2.45) is 0 Å². The van der Waals surface area contributed by atoms with Gasteiger partial charge in [0.1, 0.15) is 5.75 Å². The lowest BCUT2D eigenvalue weighted by Gasteiger charge is -2.13. The number of ether oxygens (including phenoxy) is 2. The first-order chi connectivity index (χ1) is 16.0. The fourth-order valence-electron chi connectivity index (χ4n) is 3.21. The van der Waals surface area contributed by atoms with Gasteiger partial charge in [-0.15, -0.1) is 0 Å². The van der Waals surface area contributed by atoms with Gasteiger partial charge in [-0.25, -0.2) is 0 Å². The van der Waals surface area contributed by atoms with Crippen LogP contribution < -0.4 is 15.4 Å². The Morgan fingerprint density at radius 2 is 1.58 bits per heavy atom. The molecule has 0 aromatic heterocycles. The number of anilines is 2. The van der Waals surface area contributed by atoms with E-state index in [1.807, 2.05) is 42.5 Å². The van der Waals surface area contributed by atoms with Gasteiger partial charge < -0.3 is 20.1 Å². The maximum absolute atomic E-state index is 12.4. The molecule has 3 aromatic rings. The van der Waals surface area contributed by atoms with E-state index in [-0.39, 0.29) is 31.3 Å². The highest BCUT2D eigenvalue weighted by molar-refractivity contribution is 5.98. The lowest BCUT2D eigenvalue weighted by molar-refractivity contribution is -0.142. The number of nitrogens with one attached hydrogen (secondary N) is 2. The van der Waals surface area contributed by atoms with E-state index in [2.05, 4.69) is 10.6 Å². The first kappa shape index (κ1) is 23.5. The summed E-state index contributed by atoms with van der Waals surface area (Å²) in [5, 5.41) is 5.78. The van der Waals surface area contributed by atoms with Crippen molar-refractivity contribution in [3.05, 3.63) is 78.4 Å². The highest BCUT2D eigenvalue weighted by Crippen LogP contribution is 2.27. The van der Waals surface area contributed by atoms with Crippen LogP contribution in [-0.2, 0) is 14.3 Å². The third kappa shape index (κ3) is 6.93. The van der Waals surface area contributed by atoms with Gasteiger partial charge in [-0.3, -0.25) is 14.4 Å². The van der Waals surface area contributed by atoms with Crippen molar-refractivity contribution in [2.45, 2.75) is 13.3 Å². The predicted molar refractivity (Wildman–Crippen MR) is 128 cm³/mol. The van der Waals surface area contributed by atoms with Crippen molar-refractivity contribution in [1.29, 1.82) is 0 Å². The Kier molecular flexibility index (Phi) is 8.18. The second-order valence-electron chi connectivity index (χ2n) is 7.30. The minimum atomic E-state index is -0.492. The van der Waals surface area contributed by atoms with Gasteiger partial charge in [0.2, 0.25) is 5.91 Å². The fraction of sp³-hybridized carbons (Fsp3) is 0.192. The van der Waals surface area contributed by atoms with Crippen LogP contribution in [0.25, 0.3) is 11.1 Å². The molecular formula is C26H26N2O5. The standard InChI is InChI=1S/C26H26N2O5/c1-18(29)28-22-12-13-25(32-2)23(16-22)27-15-14-26(31)33-17-24(30)21-10-8-20(9-11-21)19-6-4-3-5-7-19/h3-13,16,27H,14-15,17H2,1-2H3,(H,28,29). The summed E-state index contributed by atoms with van der Waals surface area (Å²) >= 11 is 0. The maximum Gasteiger partial charge on any atom is 0.308 e.